The third-order valence-electron chi connectivity index (χ3n) is 2.68. The number of hydrogen-bond donors (Lipinski definition) is 1. The first kappa shape index (κ1) is 10.0. The maximum atomic E-state index is 11.5. The monoisotopic (exact) mass is 204 g/mol. The van der Waals surface area contributed by atoms with Gasteiger partial charge in [0.1, 0.15) is 0 Å². The van der Waals surface area contributed by atoms with E-state index in [1.54, 1.807) is 6.92 Å². The minimum atomic E-state index is 0.105. The highest BCUT2D eigenvalue weighted by Gasteiger charge is 2.23. The van der Waals surface area contributed by atoms with Gasteiger partial charge in [0.2, 0.25) is 5.91 Å². The molecule has 0 bridgehead atoms. The van der Waals surface area contributed by atoms with E-state index in [9.17, 15) is 4.79 Å². The minimum absolute atomic E-state index is 0.105. The van der Waals surface area contributed by atoms with Crippen LogP contribution in [0.3, 0.4) is 0 Å². The molecule has 3 heteroatoms. The molecule has 0 aliphatic carbocycles. The number of fused-ring (bicyclic) bond motifs is 1. The van der Waals surface area contributed by atoms with Gasteiger partial charge in [-0.15, -0.1) is 0 Å². The lowest BCUT2D eigenvalue weighted by Crippen LogP contribution is -2.42. The van der Waals surface area contributed by atoms with Crippen LogP contribution in [0.25, 0.3) is 0 Å². The zero-order chi connectivity index (χ0) is 11.0. The van der Waals surface area contributed by atoms with Gasteiger partial charge in [0, 0.05) is 19.5 Å². The van der Waals surface area contributed by atoms with E-state index in [1.165, 1.54) is 5.56 Å². The van der Waals surface area contributed by atoms with Crippen LogP contribution in [0.2, 0.25) is 0 Å². The van der Waals surface area contributed by atoms with E-state index >= 15 is 0 Å². The van der Waals surface area contributed by atoms with Gasteiger partial charge in [0.25, 0.3) is 0 Å². The fourth-order valence-corrected chi connectivity index (χ4v) is 1.98. The van der Waals surface area contributed by atoms with Crippen molar-refractivity contribution in [2.24, 2.45) is 0 Å². The van der Waals surface area contributed by atoms with Crippen molar-refractivity contribution in [3.8, 4) is 0 Å². The maximum Gasteiger partial charge on any atom is 0.223 e. The van der Waals surface area contributed by atoms with Crippen LogP contribution in [-0.2, 0) is 4.79 Å². The number of nitrogens with one attached hydrogen (secondary N) is 1. The predicted molar refractivity (Wildman–Crippen MR) is 62.3 cm³/mol. The highest BCUT2D eigenvalue weighted by molar-refractivity contribution is 5.96. The average Bonchev–Trinajstić information content (AvgIpc) is 2.15. The van der Waals surface area contributed by atoms with E-state index in [-0.39, 0.29) is 5.91 Å². The smallest absolute Gasteiger partial charge is 0.223 e. The summed E-state index contributed by atoms with van der Waals surface area (Å²) in [5, 5.41) is 3.39. The van der Waals surface area contributed by atoms with Crippen LogP contribution in [0.1, 0.15) is 19.4 Å². The van der Waals surface area contributed by atoms with Gasteiger partial charge in [-0.3, -0.25) is 4.79 Å². The molecule has 3 nitrogen and oxygen atoms in total. The fraction of sp³-hybridized carbons (Fsp3) is 0.417. The summed E-state index contributed by atoms with van der Waals surface area (Å²) in [6, 6.07) is 6.43. The lowest BCUT2D eigenvalue weighted by Gasteiger charge is -2.34. The van der Waals surface area contributed by atoms with Gasteiger partial charge in [-0.25, -0.2) is 0 Å². The van der Waals surface area contributed by atoms with E-state index in [0.717, 1.165) is 17.9 Å². The highest BCUT2D eigenvalue weighted by atomic mass is 16.2. The lowest BCUT2D eigenvalue weighted by molar-refractivity contribution is -0.116. The second-order valence-corrected chi connectivity index (χ2v) is 4.20. The molecule has 1 N–H and O–H groups in total. The Morgan fingerprint density at radius 1 is 1.53 bits per heavy atom. The third-order valence-corrected chi connectivity index (χ3v) is 2.68. The summed E-state index contributed by atoms with van der Waals surface area (Å²) in [6.07, 6.45) is 0. The van der Waals surface area contributed by atoms with Gasteiger partial charge in [0.15, 0.2) is 0 Å². The summed E-state index contributed by atoms with van der Waals surface area (Å²) in [5.74, 6) is 0.105. The lowest BCUT2D eigenvalue weighted by atomic mass is 10.1. The topological polar surface area (TPSA) is 32.3 Å². The Morgan fingerprint density at radius 2 is 2.27 bits per heavy atom. The molecule has 0 saturated heterocycles. The van der Waals surface area contributed by atoms with Crippen molar-refractivity contribution in [2.45, 2.75) is 26.8 Å². The molecule has 1 heterocycles. The van der Waals surface area contributed by atoms with Gasteiger partial charge in [-0.2, -0.15) is 0 Å². The Labute approximate surface area is 90.1 Å². The van der Waals surface area contributed by atoms with Crippen LogP contribution in [0.4, 0.5) is 11.4 Å². The van der Waals surface area contributed by atoms with Crippen LogP contribution >= 0.6 is 0 Å². The quantitative estimate of drug-likeness (QED) is 0.702. The van der Waals surface area contributed by atoms with Crippen molar-refractivity contribution in [3.05, 3.63) is 23.8 Å². The first-order valence-corrected chi connectivity index (χ1v) is 5.23. The van der Waals surface area contributed by atoms with Crippen LogP contribution in [-0.4, -0.2) is 18.5 Å². The van der Waals surface area contributed by atoms with Crippen molar-refractivity contribution in [3.63, 3.8) is 0 Å². The Balaban J connectivity index is 2.46. The van der Waals surface area contributed by atoms with Crippen molar-refractivity contribution < 1.29 is 4.79 Å². The van der Waals surface area contributed by atoms with Crippen molar-refractivity contribution in [2.75, 3.05) is 16.8 Å². The van der Waals surface area contributed by atoms with E-state index < -0.39 is 0 Å². The number of aryl methyl sites for hydroxylation is 1. The second-order valence-electron chi connectivity index (χ2n) is 4.20. The molecule has 0 radical (unpaired) electrons. The fourth-order valence-electron chi connectivity index (χ4n) is 1.98. The highest BCUT2D eigenvalue weighted by Crippen LogP contribution is 2.31. The van der Waals surface area contributed by atoms with Gasteiger partial charge in [-0.05, 0) is 31.5 Å². The molecule has 1 aromatic rings. The molecular weight excluding hydrogens is 188 g/mol. The van der Waals surface area contributed by atoms with Crippen LogP contribution in [0.15, 0.2) is 18.2 Å². The zero-order valence-corrected chi connectivity index (χ0v) is 9.37. The number of carbonyl (C=O) groups is 1. The maximum absolute atomic E-state index is 11.5. The molecule has 0 spiro atoms. The number of carbonyl (C=O) groups excluding carboxylic acids is 1. The first-order chi connectivity index (χ1) is 7.08. The Bertz CT molecular complexity index is 401. The molecule has 1 aromatic carbocycles. The Kier molecular flexibility index (Phi) is 2.39. The molecule has 0 unspecified atom stereocenters. The average molecular weight is 204 g/mol. The molecule has 0 saturated carbocycles. The molecule has 0 aromatic heterocycles. The summed E-state index contributed by atoms with van der Waals surface area (Å²) in [6.45, 7) is 6.49. The molecular formula is C12H16N2O. The van der Waals surface area contributed by atoms with E-state index in [2.05, 4.69) is 25.2 Å². The molecule has 2 rings (SSSR count). The summed E-state index contributed by atoms with van der Waals surface area (Å²) in [4.78, 5) is 13.3. The number of benzene rings is 1. The zero-order valence-electron chi connectivity index (χ0n) is 9.37. The number of nitrogens with zero attached hydrogens (tertiary/aromatic N) is 1. The van der Waals surface area contributed by atoms with E-state index in [4.69, 9.17) is 0 Å². The molecule has 80 valence electrons. The van der Waals surface area contributed by atoms with E-state index in [0.29, 0.717) is 6.04 Å². The van der Waals surface area contributed by atoms with Gasteiger partial charge < -0.3 is 10.2 Å². The third kappa shape index (κ3) is 1.82. The SMILES string of the molecule is CC(=O)N1C[C@H](C)Nc2cc(C)ccc21. The Hall–Kier alpha value is -1.51. The van der Waals surface area contributed by atoms with E-state index in [1.807, 2.05) is 17.0 Å². The number of anilines is 2. The largest absolute Gasteiger partial charge is 0.379 e. The first-order valence-electron chi connectivity index (χ1n) is 5.23. The van der Waals surface area contributed by atoms with Crippen LogP contribution in [0, 0.1) is 6.92 Å². The summed E-state index contributed by atoms with van der Waals surface area (Å²) in [7, 11) is 0. The van der Waals surface area contributed by atoms with Crippen molar-refractivity contribution >= 4 is 17.3 Å². The summed E-state index contributed by atoms with van der Waals surface area (Å²) >= 11 is 0. The summed E-state index contributed by atoms with van der Waals surface area (Å²) < 4.78 is 0. The number of rotatable bonds is 0. The Morgan fingerprint density at radius 3 is 2.93 bits per heavy atom. The van der Waals surface area contributed by atoms with Gasteiger partial charge >= 0.3 is 0 Å². The molecule has 1 amide bonds. The van der Waals surface area contributed by atoms with Gasteiger partial charge in [-0.1, -0.05) is 6.07 Å². The summed E-state index contributed by atoms with van der Waals surface area (Å²) in [5.41, 5.74) is 3.26. The second kappa shape index (κ2) is 3.57. The van der Waals surface area contributed by atoms with Crippen molar-refractivity contribution in [1.29, 1.82) is 0 Å². The molecule has 0 fully saturated rings. The standard InChI is InChI=1S/C12H16N2O/c1-8-4-5-12-11(6-8)13-9(2)7-14(12)10(3)15/h4-6,9,13H,7H2,1-3H3/t9-/m0/s1. The predicted octanol–water partition coefficient (Wildman–Crippen LogP) is 2.16. The van der Waals surface area contributed by atoms with Crippen LogP contribution in [0.5, 0.6) is 0 Å². The molecule has 1 atom stereocenters. The van der Waals surface area contributed by atoms with Gasteiger partial charge in [0.05, 0.1) is 11.4 Å². The number of hydrogen-bond acceptors (Lipinski definition) is 2. The molecule has 1 aliphatic heterocycles. The minimum Gasteiger partial charge on any atom is -0.379 e. The molecule has 15 heavy (non-hydrogen) atoms. The van der Waals surface area contributed by atoms with Crippen LogP contribution < -0.4 is 10.2 Å². The van der Waals surface area contributed by atoms with Crippen molar-refractivity contribution in [1.82, 2.24) is 0 Å². The normalized spacial score (nSPS) is 19.4. The molecule has 1 aliphatic rings. The number of amides is 1.